The van der Waals surface area contributed by atoms with Gasteiger partial charge in [0.15, 0.2) is 0 Å². The van der Waals surface area contributed by atoms with Gasteiger partial charge in [-0.25, -0.2) is 0 Å². The van der Waals surface area contributed by atoms with Gasteiger partial charge >= 0.3 is 0 Å². The van der Waals surface area contributed by atoms with E-state index in [1.54, 1.807) is 0 Å². The highest BCUT2D eigenvalue weighted by Crippen LogP contribution is 2.71. The maximum absolute atomic E-state index is 12.6. The molecule has 2 bridgehead atoms. The molecule has 0 amide bonds. The van der Waals surface area contributed by atoms with E-state index in [-0.39, 0.29) is 17.4 Å². The van der Waals surface area contributed by atoms with Gasteiger partial charge in [-0.05, 0) is 79.4 Å². The molecule has 3 nitrogen and oxygen atoms in total. The molecule has 5 rings (SSSR count). The number of hydrogen-bond acceptors (Lipinski definition) is 3. The molecule has 0 radical (unpaired) electrons. The Hall–Kier alpha value is -0.410. The van der Waals surface area contributed by atoms with Gasteiger partial charge < -0.3 is 10.2 Å². The van der Waals surface area contributed by atoms with Crippen molar-refractivity contribution in [3.8, 4) is 0 Å². The maximum atomic E-state index is 12.6. The Morgan fingerprint density at radius 1 is 1.12 bits per heavy atom. The highest BCUT2D eigenvalue weighted by molar-refractivity contribution is 5.85. The molecule has 136 valence electrons. The van der Waals surface area contributed by atoms with Crippen LogP contribution in [0.1, 0.15) is 72.1 Å². The van der Waals surface area contributed by atoms with Crippen LogP contribution in [0.15, 0.2) is 0 Å². The van der Waals surface area contributed by atoms with Crippen molar-refractivity contribution in [1.29, 1.82) is 0 Å². The fraction of sp³-hybridized carbons (Fsp3) is 0.952. The third-order valence-electron chi connectivity index (χ3n) is 9.22. The number of rotatable bonds is 2. The summed E-state index contributed by atoms with van der Waals surface area (Å²) in [4.78, 5) is 12.6. The second-order valence-corrected chi connectivity index (χ2v) is 10.3. The summed E-state index contributed by atoms with van der Waals surface area (Å²) in [7, 11) is 0. The molecular weight excluding hydrogens is 300 g/mol. The molecule has 5 saturated carbocycles. The van der Waals surface area contributed by atoms with E-state index in [0.29, 0.717) is 34.9 Å². The van der Waals surface area contributed by atoms with Crippen LogP contribution in [0, 0.1) is 39.9 Å². The van der Waals surface area contributed by atoms with Gasteiger partial charge in [-0.1, -0.05) is 20.8 Å². The quantitative estimate of drug-likeness (QED) is 0.812. The van der Waals surface area contributed by atoms with Gasteiger partial charge in [0.1, 0.15) is 5.78 Å². The average Bonchev–Trinajstić information content (AvgIpc) is 2.57. The van der Waals surface area contributed by atoms with Crippen LogP contribution in [0.3, 0.4) is 0 Å². The van der Waals surface area contributed by atoms with Gasteiger partial charge in [0.2, 0.25) is 0 Å². The minimum atomic E-state index is -0.539. The van der Waals surface area contributed by atoms with E-state index in [4.69, 9.17) is 0 Å². The number of fused-ring (bicyclic) bond motifs is 3. The molecule has 1 unspecified atom stereocenters. The molecule has 24 heavy (non-hydrogen) atoms. The number of aliphatic hydroxyl groups excluding tert-OH is 2. The van der Waals surface area contributed by atoms with Gasteiger partial charge in [-0.15, -0.1) is 0 Å². The normalized spacial score (nSPS) is 51.0. The molecule has 0 aromatic rings. The second-order valence-electron chi connectivity index (χ2n) is 10.3. The molecule has 0 aliphatic heterocycles. The molecule has 3 heteroatoms. The lowest BCUT2D eigenvalue weighted by molar-refractivity contribution is -0.204. The van der Waals surface area contributed by atoms with E-state index >= 15 is 0 Å². The predicted molar refractivity (Wildman–Crippen MR) is 93.3 cm³/mol. The smallest absolute Gasteiger partial charge is 0.138 e. The molecule has 7 atom stereocenters. The van der Waals surface area contributed by atoms with Crippen molar-refractivity contribution in [3.05, 3.63) is 0 Å². The van der Waals surface area contributed by atoms with E-state index in [1.807, 2.05) is 0 Å². The second kappa shape index (κ2) is 5.30. The Balaban J connectivity index is 1.68. The molecule has 2 N–H and O–H groups in total. The minimum absolute atomic E-state index is 0.0939. The fourth-order valence-electron chi connectivity index (χ4n) is 7.98. The Labute approximate surface area is 146 Å². The lowest BCUT2D eigenvalue weighted by atomic mass is 9.36. The van der Waals surface area contributed by atoms with Crippen LogP contribution in [-0.4, -0.2) is 28.7 Å². The van der Waals surface area contributed by atoms with Crippen LogP contribution < -0.4 is 0 Å². The monoisotopic (exact) mass is 334 g/mol. The van der Waals surface area contributed by atoms with Crippen molar-refractivity contribution in [2.75, 3.05) is 6.61 Å². The standard InChI is InChI=1S/C21H34O3/c1-19(2)16-5-9-21-8-4-13(14(11-21)15(23)12-22)10-17(21)20(16,3)7-6-18(19)24/h13-17,22-23H,4-12H2,1-3H3/t13-,14?,15-,16+,17-,20+,21+/m0/s1. The van der Waals surface area contributed by atoms with E-state index in [2.05, 4.69) is 20.8 Å². The van der Waals surface area contributed by atoms with Gasteiger partial charge in [0.25, 0.3) is 0 Å². The number of carbonyl (C=O) groups is 1. The first-order chi connectivity index (χ1) is 11.2. The lowest BCUT2D eigenvalue weighted by Crippen LogP contribution is -2.63. The average molecular weight is 335 g/mol. The lowest BCUT2D eigenvalue weighted by Gasteiger charge is -2.68. The summed E-state index contributed by atoms with van der Waals surface area (Å²) in [6.45, 7) is 6.77. The van der Waals surface area contributed by atoms with Crippen molar-refractivity contribution in [3.63, 3.8) is 0 Å². The van der Waals surface area contributed by atoms with Crippen LogP contribution in [0.2, 0.25) is 0 Å². The molecular formula is C21H34O3. The van der Waals surface area contributed by atoms with E-state index < -0.39 is 6.10 Å². The number of carbonyl (C=O) groups excluding carboxylic acids is 1. The zero-order chi connectivity index (χ0) is 17.3. The van der Waals surface area contributed by atoms with Crippen LogP contribution in [0.25, 0.3) is 0 Å². The molecule has 0 aromatic carbocycles. The SMILES string of the molecule is CC1(C)C(=O)CC[C@]2(C)[C@@H]1CC[C@@]13CC[C@@H](C[C@H]12)C([C@@H](O)CO)C3. The summed E-state index contributed by atoms with van der Waals surface area (Å²) in [5, 5.41) is 19.8. The number of ketones is 1. The van der Waals surface area contributed by atoms with Gasteiger partial charge in [0, 0.05) is 11.8 Å². The summed E-state index contributed by atoms with van der Waals surface area (Å²) in [5.41, 5.74) is 0.468. The summed E-state index contributed by atoms with van der Waals surface area (Å²) in [6.07, 6.45) is 8.48. The summed E-state index contributed by atoms with van der Waals surface area (Å²) in [5.74, 6) is 2.55. The van der Waals surface area contributed by atoms with Crippen molar-refractivity contribution in [2.45, 2.75) is 78.2 Å². The van der Waals surface area contributed by atoms with E-state index in [9.17, 15) is 15.0 Å². The van der Waals surface area contributed by atoms with Gasteiger partial charge in [-0.3, -0.25) is 4.79 Å². The van der Waals surface area contributed by atoms with Crippen molar-refractivity contribution >= 4 is 5.78 Å². The maximum Gasteiger partial charge on any atom is 0.138 e. The Morgan fingerprint density at radius 2 is 1.83 bits per heavy atom. The van der Waals surface area contributed by atoms with Crippen LogP contribution in [0.4, 0.5) is 0 Å². The highest BCUT2D eigenvalue weighted by Gasteiger charge is 2.65. The Bertz CT molecular complexity index is 541. The van der Waals surface area contributed by atoms with Crippen LogP contribution in [-0.2, 0) is 4.79 Å². The molecule has 0 saturated heterocycles. The zero-order valence-electron chi connectivity index (χ0n) is 15.6. The van der Waals surface area contributed by atoms with Crippen molar-refractivity contribution in [2.24, 2.45) is 39.9 Å². The first kappa shape index (κ1) is 17.0. The topological polar surface area (TPSA) is 57.5 Å². The first-order valence-corrected chi connectivity index (χ1v) is 10.1. The molecule has 0 aromatic heterocycles. The Kier molecular flexibility index (Phi) is 3.76. The fourth-order valence-corrected chi connectivity index (χ4v) is 7.98. The van der Waals surface area contributed by atoms with E-state index in [1.165, 1.54) is 32.1 Å². The predicted octanol–water partition coefficient (Wildman–Crippen LogP) is 3.57. The molecule has 1 spiro atoms. The minimum Gasteiger partial charge on any atom is -0.394 e. The molecule has 0 heterocycles. The molecule has 5 fully saturated rings. The van der Waals surface area contributed by atoms with E-state index in [0.717, 1.165) is 19.3 Å². The van der Waals surface area contributed by atoms with Crippen molar-refractivity contribution < 1.29 is 15.0 Å². The third kappa shape index (κ3) is 2.06. The summed E-state index contributed by atoms with van der Waals surface area (Å²) in [6, 6.07) is 0. The number of hydrogen-bond donors (Lipinski definition) is 2. The van der Waals surface area contributed by atoms with Gasteiger partial charge in [0.05, 0.1) is 12.7 Å². The van der Waals surface area contributed by atoms with Gasteiger partial charge in [-0.2, -0.15) is 0 Å². The largest absolute Gasteiger partial charge is 0.394 e. The zero-order valence-corrected chi connectivity index (χ0v) is 15.6. The first-order valence-electron chi connectivity index (χ1n) is 10.1. The van der Waals surface area contributed by atoms with Crippen LogP contribution in [0.5, 0.6) is 0 Å². The van der Waals surface area contributed by atoms with Crippen molar-refractivity contribution in [1.82, 2.24) is 0 Å². The summed E-state index contributed by atoms with van der Waals surface area (Å²) >= 11 is 0. The molecule has 5 aliphatic rings. The molecule has 5 aliphatic carbocycles. The summed E-state index contributed by atoms with van der Waals surface area (Å²) < 4.78 is 0. The third-order valence-corrected chi connectivity index (χ3v) is 9.22. The Morgan fingerprint density at radius 3 is 2.54 bits per heavy atom. The highest BCUT2D eigenvalue weighted by atomic mass is 16.3. The number of aliphatic hydroxyl groups is 2. The number of Topliss-reactive ketones (excluding diaryl/α,β-unsaturated/α-hetero) is 1. The van der Waals surface area contributed by atoms with Crippen LogP contribution >= 0.6 is 0 Å².